The number of carbonyl (C=O) groups is 2. The van der Waals surface area contributed by atoms with E-state index in [0.29, 0.717) is 18.4 Å². The lowest BCUT2D eigenvalue weighted by molar-refractivity contribution is -0.117. The Bertz CT molecular complexity index is 977. The van der Waals surface area contributed by atoms with Crippen LogP contribution >= 0.6 is 11.5 Å². The number of aromatic nitrogens is 2. The van der Waals surface area contributed by atoms with Crippen LogP contribution in [0, 0.1) is 13.8 Å². The number of carbonyl (C=O) groups excluding carboxylic acids is 2. The fraction of sp³-hybridized carbons (Fsp3) is 0.238. The van der Waals surface area contributed by atoms with Gasteiger partial charge in [0.2, 0.25) is 0 Å². The monoisotopic (exact) mass is 380 g/mol. The van der Waals surface area contributed by atoms with Crippen molar-refractivity contribution in [2.75, 3.05) is 7.11 Å². The summed E-state index contributed by atoms with van der Waals surface area (Å²) in [4.78, 5) is 25.0. The van der Waals surface area contributed by atoms with Crippen LogP contribution in [0.5, 0.6) is 0 Å². The SMILES string of the molecule is COC(=O)c1ccc(C)c(-c2ccc(CC(=O)Cc3snnc3C)cc2)c1. The molecule has 5 nitrogen and oxygen atoms in total. The van der Waals surface area contributed by atoms with Crippen molar-refractivity contribution in [2.45, 2.75) is 26.7 Å². The van der Waals surface area contributed by atoms with Crippen LogP contribution in [-0.4, -0.2) is 28.4 Å². The summed E-state index contributed by atoms with van der Waals surface area (Å²) in [6.07, 6.45) is 0.740. The van der Waals surface area contributed by atoms with Crippen LogP contribution in [0.3, 0.4) is 0 Å². The third kappa shape index (κ3) is 4.46. The minimum atomic E-state index is -0.355. The minimum Gasteiger partial charge on any atom is -0.465 e. The third-order valence-corrected chi connectivity index (χ3v) is 5.25. The van der Waals surface area contributed by atoms with Gasteiger partial charge in [-0.1, -0.05) is 34.8 Å². The highest BCUT2D eigenvalue weighted by atomic mass is 32.1. The predicted octanol–water partition coefficient (Wildman–Crippen LogP) is 3.96. The molecule has 0 aliphatic rings. The average Bonchev–Trinajstić information content (AvgIpc) is 3.06. The highest BCUT2D eigenvalue weighted by Gasteiger charge is 2.12. The fourth-order valence-electron chi connectivity index (χ4n) is 2.86. The fourth-order valence-corrected chi connectivity index (χ4v) is 3.52. The molecule has 3 rings (SSSR count). The molecule has 0 saturated carbocycles. The van der Waals surface area contributed by atoms with Gasteiger partial charge in [0.25, 0.3) is 0 Å². The van der Waals surface area contributed by atoms with E-state index in [4.69, 9.17) is 4.74 Å². The lowest BCUT2D eigenvalue weighted by Crippen LogP contribution is -2.06. The van der Waals surface area contributed by atoms with Gasteiger partial charge in [-0.05, 0) is 59.8 Å². The Morgan fingerprint density at radius 1 is 1.04 bits per heavy atom. The molecule has 1 heterocycles. The Kier molecular flexibility index (Phi) is 5.76. The number of aryl methyl sites for hydroxylation is 2. The van der Waals surface area contributed by atoms with Crippen molar-refractivity contribution in [3.8, 4) is 11.1 Å². The van der Waals surface area contributed by atoms with Crippen molar-refractivity contribution >= 4 is 23.3 Å². The highest BCUT2D eigenvalue weighted by molar-refractivity contribution is 7.05. The van der Waals surface area contributed by atoms with E-state index < -0.39 is 0 Å². The summed E-state index contributed by atoms with van der Waals surface area (Å²) in [5, 5.41) is 3.94. The van der Waals surface area contributed by atoms with Gasteiger partial charge < -0.3 is 4.74 Å². The number of esters is 1. The largest absolute Gasteiger partial charge is 0.465 e. The Hall–Kier alpha value is -2.86. The van der Waals surface area contributed by atoms with Gasteiger partial charge in [-0.15, -0.1) is 5.10 Å². The van der Waals surface area contributed by atoms with Crippen molar-refractivity contribution in [1.29, 1.82) is 0 Å². The van der Waals surface area contributed by atoms with Gasteiger partial charge in [-0.25, -0.2) is 4.79 Å². The molecule has 0 bridgehead atoms. The number of ether oxygens (including phenoxy) is 1. The summed E-state index contributed by atoms with van der Waals surface area (Å²) in [6, 6.07) is 13.4. The zero-order valence-electron chi connectivity index (χ0n) is 15.5. The topological polar surface area (TPSA) is 69.2 Å². The van der Waals surface area contributed by atoms with Crippen LogP contribution in [-0.2, 0) is 22.4 Å². The number of methoxy groups -OCH3 is 1. The number of nitrogens with zero attached hydrogens (tertiary/aromatic N) is 2. The van der Waals surface area contributed by atoms with Crippen molar-refractivity contribution in [3.05, 3.63) is 69.7 Å². The average molecular weight is 380 g/mol. The quantitative estimate of drug-likeness (QED) is 0.606. The van der Waals surface area contributed by atoms with Gasteiger partial charge in [-0.2, -0.15) is 0 Å². The molecular formula is C21H20N2O3S. The molecule has 0 fully saturated rings. The number of benzene rings is 2. The van der Waals surface area contributed by atoms with E-state index in [1.165, 1.54) is 18.6 Å². The molecule has 0 spiro atoms. The van der Waals surface area contributed by atoms with Gasteiger partial charge >= 0.3 is 5.97 Å². The molecule has 0 N–H and O–H groups in total. The maximum Gasteiger partial charge on any atom is 0.337 e. The van der Waals surface area contributed by atoms with Gasteiger partial charge in [0, 0.05) is 12.8 Å². The lowest BCUT2D eigenvalue weighted by atomic mass is 9.96. The van der Waals surface area contributed by atoms with E-state index in [2.05, 4.69) is 9.59 Å². The van der Waals surface area contributed by atoms with E-state index in [9.17, 15) is 9.59 Å². The van der Waals surface area contributed by atoms with Crippen LogP contribution < -0.4 is 0 Å². The van der Waals surface area contributed by atoms with Crippen LogP contribution in [0.4, 0.5) is 0 Å². The molecule has 0 saturated heterocycles. The molecule has 6 heteroatoms. The van der Waals surface area contributed by atoms with E-state index in [1.54, 1.807) is 6.07 Å². The van der Waals surface area contributed by atoms with Gasteiger partial charge in [-0.3, -0.25) is 4.79 Å². The highest BCUT2D eigenvalue weighted by Crippen LogP contribution is 2.25. The Labute approximate surface area is 162 Å². The van der Waals surface area contributed by atoms with Gasteiger partial charge in [0.1, 0.15) is 5.78 Å². The van der Waals surface area contributed by atoms with E-state index in [-0.39, 0.29) is 11.8 Å². The molecule has 0 radical (unpaired) electrons. The van der Waals surface area contributed by atoms with Crippen LogP contribution in [0.25, 0.3) is 11.1 Å². The first kappa shape index (κ1) is 18.9. The van der Waals surface area contributed by atoms with E-state index in [1.807, 2.05) is 50.2 Å². The van der Waals surface area contributed by atoms with E-state index in [0.717, 1.165) is 32.8 Å². The Morgan fingerprint density at radius 2 is 1.78 bits per heavy atom. The van der Waals surface area contributed by atoms with Crippen LogP contribution in [0.15, 0.2) is 42.5 Å². The summed E-state index contributed by atoms with van der Waals surface area (Å²) >= 11 is 1.28. The van der Waals surface area contributed by atoms with Crippen molar-refractivity contribution in [2.24, 2.45) is 0 Å². The molecule has 0 unspecified atom stereocenters. The van der Waals surface area contributed by atoms with E-state index >= 15 is 0 Å². The maximum atomic E-state index is 12.3. The van der Waals surface area contributed by atoms with Crippen LogP contribution in [0.1, 0.15) is 32.1 Å². The molecule has 27 heavy (non-hydrogen) atoms. The summed E-state index contributed by atoms with van der Waals surface area (Å²) < 4.78 is 8.66. The molecule has 0 atom stereocenters. The third-order valence-electron chi connectivity index (χ3n) is 4.43. The predicted molar refractivity (Wildman–Crippen MR) is 105 cm³/mol. The number of hydrogen-bond acceptors (Lipinski definition) is 6. The first-order chi connectivity index (χ1) is 13.0. The summed E-state index contributed by atoms with van der Waals surface area (Å²) in [5.41, 5.74) is 5.34. The second-order valence-corrected chi connectivity index (χ2v) is 7.23. The smallest absolute Gasteiger partial charge is 0.337 e. The zero-order chi connectivity index (χ0) is 19.4. The Balaban J connectivity index is 1.74. The normalized spacial score (nSPS) is 10.6. The maximum absolute atomic E-state index is 12.3. The Morgan fingerprint density at radius 3 is 2.41 bits per heavy atom. The molecule has 0 aliphatic heterocycles. The zero-order valence-corrected chi connectivity index (χ0v) is 16.3. The van der Waals surface area contributed by atoms with Crippen molar-refractivity contribution in [3.63, 3.8) is 0 Å². The standard InChI is InChI=1S/C21H20N2O3S/c1-13-4-7-17(21(25)26-3)11-19(13)16-8-5-15(6-9-16)10-18(24)12-20-14(2)22-23-27-20/h4-9,11H,10,12H2,1-3H3. The number of hydrogen-bond donors (Lipinski definition) is 0. The number of Topliss-reactive ketones (excluding diaryl/α,β-unsaturated/α-hetero) is 1. The summed E-state index contributed by atoms with van der Waals surface area (Å²) in [6.45, 7) is 3.87. The molecule has 1 aromatic heterocycles. The summed E-state index contributed by atoms with van der Waals surface area (Å²) in [7, 11) is 1.37. The second kappa shape index (κ2) is 8.22. The molecule has 138 valence electrons. The van der Waals surface area contributed by atoms with Crippen molar-refractivity contribution < 1.29 is 14.3 Å². The van der Waals surface area contributed by atoms with Gasteiger partial charge in [0.05, 0.1) is 23.2 Å². The van der Waals surface area contributed by atoms with Crippen LogP contribution in [0.2, 0.25) is 0 Å². The molecular weight excluding hydrogens is 360 g/mol. The molecule has 2 aromatic carbocycles. The first-order valence-corrected chi connectivity index (χ1v) is 9.33. The second-order valence-electron chi connectivity index (χ2n) is 6.39. The minimum absolute atomic E-state index is 0.140. The van der Waals surface area contributed by atoms with Crippen molar-refractivity contribution in [1.82, 2.24) is 9.59 Å². The van der Waals surface area contributed by atoms with Gasteiger partial charge in [0.15, 0.2) is 0 Å². The number of ketones is 1. The molecule has 0 aliphatic carbocycles. The first-order valence-electron chi connectivity index (χ1n) is 8.55. The number of rotatable bonds is 6. The lowest BCUT2D eigenvalue weighted by Gasteiger charge is -2.09. The molecule has 3 aromatic rings. The molecule has 0 amide bonds. The summed E-state index contributed by atoms with van der Waals surface area (Å²) in [5.74, 6) is -0.216.